The summed E-state index contributed by atoms with van der Waals surface area (Å²) in [4.78, 5) is 0. The van der Waals surface area contributed by atoms with E-state index in [9.17, 15) is 0 Å². The van der Waals surface area contributed by atoms with Gasteiger partial charge in [-0.25, -0.2) is 0 Å². The molecule has 0 atom stereocenters. The molecular weight excluding hydrogens is 208 g/mol. The maximum absolute atomic E-state index is 6.16. The Labute approximate surface area is 92.3 Å². The fraction of sp³-hybridized carbons (Fsp3) is 0.0769. The van der Waals surface area contributed by atoms with Gasteiger partial charge in [-0.05, 0) is 30.7 Å². The highest BCUT2D eigenvalue weighted by molar-refractivity contribution is 6.37. The number of furan rings is 1. The minimum absolute atomic E-state index is 0.745. The minimum atomic E-state index is 0.745. The molecule has 2 aromatic carbocycles. The number of halogens is 1. The van der Waals surface area contributed by atoms with Crippen LogP contribution in [0.3, 0.4) is 0 Å². The second kappa shape index (κ2) is 3.01. The Morgan fingerprint density at radius 1 is 1.07 bits per heavy atom. The van der Waals surface area contributed by atoms with Gasteiger partial charge < -0.3 is 4.42 Å². The molecular formula is C13H9ClO. The molecule has 1 aromatic heterocycles. The summed E-state index contributed by atoms with van der Waals surface area (Å²) in [7, 11) is 0. The molecule has 0 spiro atoms. The standard InChI is InChI=1S/C13H9ClO/c1-8-5-6-9-12(7-8)15-11-4-2-3-10(14)13(9)11/h2-7H,1H3. The van der Waals surface area contributed by atoms with E-state index in [0.717, 1.165) is 27.0 Å². The quantitative estimate of drug-likeness (QED) is 0.537. The van der Waals surface area contributed by atoms with Crippen molar-refractivity contribution in [2.24, 2.45) is 0 Å². The SMILES string of the molecule is Cc1ccc2c(c1)oc1cccc(Cl)c12. The Bertz CT molecular complexity index is 652. The summed E-state index contributed by atoms with van der Waals surface area (Å²) < 4.78 is 5.73. The molecule has 0 fully saturated rings. The molecule has 0 bridgehead atoms. The van der Waals surface area contributed by atoms with Crippen molar-refractivity contribution in [3.63, 3.8) is 0 Å². The highest BCUT2D eigenvalue weighted by atomic mass is 35.5. The molecule has 3 aromatic rings. The number of hydrogen-bond acceptors (Lipinski definition) is 1. The Morgan fingerprint density at radius 3 is 2.80 bits per heavy atom. The molecule has 2 heteroatoms. The summed E-state index contributed by atoms with van der Waals surface area (Å²) >= 11 is 6.16. The molecule has 1 nitrogen and oxygen atoms in total. The van der Waals surface area contributed by atoms with Crippen molar-refractivity contribution in [2.75, 3.05) is 0 Å². The van der Waals surface area contributed by atoms with E-state index < -0.39 is 0 Å². The van der Waals surface area contributed by atoms with Crippen LogP contribution in [0.1, 0.15) is 5.56 Å². The van der Waals surface area contributed by atoms with Crippen molar-refractivity contribution < 1.29 is 4.42 Å². The van der Waals surface area contributed by atoms with E-state index in [1.807, 2.05) is 31.2 Å². The highest BCUT2D eigenvalue weighted by Gasteiger charge is 2.08. The van der Waals surface area contributed by atoms with Crippen LogP contribution >= 0.6 is 11.6 Å². The molecule has 0 radical (unpaired) electrons. The lowest BCUT2D eigenvalue weighted by atomic mass is 10.1. The zero-order valence-electron chi connectivity index (χ0n) is 8.25. The summed E-state index contributed by atoms with van der Waals surface area (Å²) in [5, 5.41) is 2.84. The lowest BCUT2D eigenvalue weighted by Gasteiger charge is -1.92. The highest BCUT2D eigenvalue weighted by Crippen LogP contribution is 2.33. The molecule has 0 aliphatic carbocycles. The third-order valence-electron chi connectivity index (χ3n) is 2.60. The van der Waals surface area contributed by atoms with Crippen LogP contribution in [-0.2, 0) is 0 Å². The molecule has 0 saturated carbocycles. The Kier molecular flexibility index (Phi) is 1.77. The number of rotatable bonds is 0. The lowest BCUT2D eigenvalue weighted by molar-refractivity contribution is 0.668. The van der Waals surface area contributed by atoms with Gasteiger partial charge in [0, 0.05) is 10.8 Å². The van der Waals surface area contributed by atoms with E-state index in [0.29, 0.717) is 0 Å². The molecule has 0 N–H and O–H groups in total. The van der Waals surface area contributed by atoms with E-state index in [1.54, 1.807) is 0 Å². The summed E-state index contributed by atoms with van der Waals surface area (Å²) in [6.07, 6.45) is 0. The monoisotopic (exact) mass is 216 g/mol. The molecule has 0 aliphatic heterocycles. The van der Waals surface area contributed by atoms with E-state index in [-0.39, 0.29) is 0 Å². The van der Waals surface area contributed by atoms with E-state index >= 15 is 0 Å². The zero-order valence-corrected chi connectivity index (χ0v) is 9.01. The average Bonchev–Trinajstić information content (AvgIpc) is 2.56. The largest absolute Gasteiger partial charge is 0.456 e. The van der Waals surface area contributed by atoms with E-state index in [1.165, 1.54) is 5.56 Å². The molecule has 0 saturated heterocycles. The smallest absolute Gasteiger partial charge is 0.136 e. The van der Waals surface area contributed by atoms with Crippen molar-refractivity contribution in [3.05, 3.63) is 47.0 Å². The summed E-state index contributed by atoms with van der Waals surface area (Å²) in [6.45, 7) is 2.05. The van der Waals surface area contributed by atoms with Gasteiger partial charge in [0.1, 0.15) is 11.2 Å². The van der Waals surface area contributed by atoms with E-state index in [4.69, 9.17) is 16.0 Å². The minimum Gasteiger partial charge on any atom is -0.456 e. The number of hydrogen-bond donors (Lipinski definition) is 0. The zero-order chi connectivity index (χ0) is 10.4. The van der Waals surface area contributed by atoms with Gasteiger partial charge in [-0.15, -0.1) is 0 Å². The Hall–Kier alpha value is -1.47. The molecule has 74 valence electrons. The summed E-state index contributed by atoms with van der Waals surface area (Å²) in [5.41, 5.74) is 2.94. The third kappa shape index (κ3) is 1.24. The van der Waals surface area contributed by atoms with Gasteiger partial charge in [0.2, 0.25) is 0 Å². The van der Waals surface area contributed by atoms with Gasteiger partial charge in [0.25, 0.3) is 0 Å². The molecule has 0 amide bonds. The Balaban J connectivity index is 2.59. The van der Waals surface area contributed by atoms with Crippen LogP contribution in [0.5, 0.6) is 0 Å². The van der Waals surface area contributed by atoms with Crippen LogP contribution in [0.25, 0.3) is 21.9 Å². The molecule has 0 aliphatic rings. The maximum Gasteiger partial charge on any atom is 0.136 e. The second-order valence-corrected chi connectivity index (χ2v) is 4.12. The van der Waals surface area contributed by atoms with E-state index in [2.05, 4.69) is 12.1 Å². The topological polar surface area (TPSA) is 13.1 Å². The number of benzene rings is 2. The normalized spacial score (nSPS) is 11.3. The summed E-state index contributed by atoms with van der Waals surface area (Å²) in [6, 6.07) is 11.9. The van der Waals surface area contributed by atoms with Crippen LogP contribution in [0.2, 0.25) is 5.02 Å². The maximum atomic E-state index is 6.16. The predicted octanol–water partition coefficient (Wildman–Crippen LogP) is 4.55. The van der Waals surface area contributed by atoms with Crippen LogP contribution in [0.15, 0.2) is 40.8 Å². The van der Waals surface area contributed by atoms with Crippen molar-refractivity contribution in [1.29, 1.82) is 0 Å². The first kappa shape index (κ1) is 8.81. The molecule has 15 heavy (non-hydrogen) atoms. The number of aryl methyl sites for hydroxylation is 1. The first-order valence-corrected chi connectivity index (χ1v) is 5.21. The van der Waals surface area contributed by atoms with Gasteiger partial charge in [-0.2, -0.15) is 0 Å². The van der Waals surface area contributed by atoms with Crippen LogP contribution in [-0.4, -0.2) is 0 Å². The van der Waals surface area contributed by atoms with Crippen LogP contribution in [0.4, 0.5) is 0 Å². The van der Waals surface area contributed by atoms with Gasteiger partial charge in [-0.1, -0.05) is 29.8 Å². The van der Waals surface area contributed by atoms with Crippen molar-refractivity contribution >= 4 is 33.5 Å². The van der Waals surface area contributed by atoms with Crippen molar-refractivity contribution in [1.82, 2.24) is 0 Å². The fourth-order valence-corrected chi connectivity index (χ4v) is 2.16. The third-order valence-corrected chi connectivity index (χ3v) is 2.92. The second-order valence-electron chi connectivity index (χ2n) is 3.71. The first-order valence-electron chi connectivity index (χ1n) is 4.83. The van der Waals surface area contributed by atoms with Gasteiger partial charge in [0.05, 0.1) is 5.02 Å². The molecule has 1 heterocycles. The van der Waals surface area contributed by atoms with Gasteiger partial charge in [0.15, 0.2) is 0 Å². The van der Waals surface area contributed by atoms with Crippen molar-refractivity contribution in [3.8, 4) is 0 Å². The number of fused-ring (bicyclic) bond motifs is 3. The summed E-state index contributed by atoms with van der Waals surface area (Å²) in [5.74, 6) is 0. The van der Waals surface area contributed by atoms with Crippen LogP contribution in [0, 0.1) is 6.92 Å². The van der Waals surface area contributed by atoms with Gasteiger partial charge in [-0.3, -0.25) is 0 Å². The lowest BCUT2D eigenvalue weighted by Crippen LogP contribution is -1.70. The van der Waals surface area contributed by atoms with Gasteiger partial charge >= 0.3 is 0 Å². The Morgan fingerprint density at radius 2 is 1.93 bits per heavy atom. The van der Waals surface area contributed by atoms with Crippen LogP contribution < -0.4 is 0 Å². The fourth-order valence-electron chi connectivity index (χ4n) is 1.89. The molecule has 3 rings (SSSR count). The molecule has 0 unspecified atom stereocenters. The van der Waals surface area contributed by atoms with Crippen molar-refractivity contribution in [2.45, 2.75) is 6.92 Å². The average molecular weight is 217 g/mol. The first-order chi connectivity index (χ1) is 7.25. The predicted molar refractivity (Wildman–Crippen MR) is 63.5 cm³/mol.